The minimum absolute atomic E-state index is 0.102. The molecule has 2 rings (SSSR count). The van der Waals surface area contributed by atoms with Crippen molar-refractivity contribution in [2.24, 2.45) is 0 Å². The van der Waals surface area contributed by atoms with Crippen LogP contribution < -0.4 is 9.62 Å². The molecule has 0 radical (unpaired) electrons. The summed E-state index contributed by atoms with van der Waals surface area (Å²) in [4.78, 5) is 27.6. The summed E-state index contributed by atoms with van der Waals surface area (Å²) in [6.07, 6.45) is 3.40. The van der Waals surface area contributed by atoms with Gasteiger partial charge in [-0.15, -0.1) is 0 Å². The van der Waals surface area contributed by atoms with Crippen molar-refractivity contribution in [3.05, 3.63) is 64.7 Å². The predicted molar refractivity (Wildman–Crippen MR) is 142 cm³/mol. The molecule has 0 saturated heterocycles. The average Bonchev–Trinajstić information content (AvgIpc) is 2.80. The van der Waals surface area contributed by atoms with Crippen LogP contribution in [0.15, 0.2) is 48.5 Å². The predicted octanol–water partition coefficient (Wildman–Crippen LogP) is 4.53. The van der Waals surface area contributed by atoms with Gasteiger partial charge in [0, 0.05) is 31.1 Å². The Morgan fingerprint density at radius 1 is 1.09 bits per heavy atom. The lowest BCUT2D eigenvalue weighted by atomic mass is 10.1. The van der Waals surface area contributed by atoms with E-state index in [9.17, 15) is 18.0 Å². The standard InChI is InChI=1S/C26H36ClN3O4S/c1-5-6-16-28-26(32)21(3)29(19-22-12-9-13-23(27)18-22)25(31)15-10-17-30(35(4,33)34)24-14-8-7-11-20(24)2/h7-9,11-14,18,21H,5-6,10,15-17,19H2,1-4H3,(H,28,32)/t21-/m1/s1. The van der Waals surface area contributed by atoms with Gasteiger partial charge in [0.2, 0.25) is 21.8 Å². The Labute approximate surface area is 214 Å². The molecule has 0 fully saturated rings. The number of sulfonamides is 1. The van der Waals surface area contributed by atoms with Gasteiger partial charge in [-0.2, -0.15) is 0 Å². The second kappa shape index (κ2) is 13.5. The van der Waals surface area contributed by atoms with Crippen LogP contribution in [0.3, 0.4) is 0 Å². The molecule has 9 heteroatoms. The van der Waals surface area contributed by atoms with Crippen molar-refractivity contribution < 1.29 is 18.0 Å². The Bertz CT molecular complexity index is 1110. The Hall–Kier alpha value is -2.58. The minimum Gasteiger partial charge on any atom is -0.354 e. The zero-order chi connectivity index (χ0) is 26.0. The number of hydrogen-bond acceptors (Lipinski definition) is 4. The van der Waals surface area contributed by atoms with Crippen molar-refractivity contribution in [1.29, 1.82) is 0 Å². The Balaban J connectivity index is 2.15. The highest BCUT2D eigenvalue weighted by Crippen LogP contribution is 2.23. The van der Waals surface area contributed by atoms with Gasteiger partial charge < -0.3 is 10.2 Å². The van der Waals surface area contributed by atoms with Gasteiger partial charge in [-0.3, -0.25) is 13.9 Å². The van der Waals surface area contributed by atoms with E-state index in [4.69, 9.17) is 11.6 Å². The molecule has 1 N–H and O–H groups in total. The molecular formula is C26H36ClN3O4S. The highest BCUT2D eigenvalue weighted by atomic mass is 35.5. The van der Waals surface area contributed by atoms with Gasteiger partial charge in [0.05, 0.1) is 11.9 Å². The summed E-state index contributed by atoms with van der Waals surface area (Å²) in [5.74, 6) is -0.437. The Morgan fingerprint density at radius 3 is 2.43 bits per heavy atom. The summed E-state index contributed by atoms with van der Waals surface area (Å²) in [7, 11) is -3.52. The van der Waals surface area contributed by atoms with Crippen LogP contribution >= 0.6 is 11.6 Å². The number of aryl methyl sites for hydroxylation is 1. The van der Waals surface area contributed by atoms with E-state index in [0.29, 0.717) is 23.7 Å². The summed E-state index contributed by atoms with van der Waals surface area (Å²) in [6, 6.07) is 13.8. The molecule has 0 aliphatic heterocycles. The second-order valence-corrected chi connectivity index (χ2v) is 11.0. The fourth-order valence-electron chi connectivity index (χ4n) is 3.78. The number of carbonyl (C=O) groups is 2. The fraction of sp³-hybridized carbons (Fsp3) is 0.462. The lowest BCUT2D eigenvalue weighted by molar-refractivity contribution is -0.140. The molecule has 0 spiro atoms. The molecule has 0 aliphatic rings. The molecule has 0 saturated carbocycles. The van der Waals surface area contributed by atoms with Crippen LogP contribution in [0.25, 0.3) is 0 Å². The van der Waals surface area contributed by atoms with Crippen LogP contribution in [0.1, 0.15) is 50.7 Å². The molecule has 2 amide bonds. The van der Waals surface area contributed by atoms with Crippen molar-refractivity contribution in [1.82, 2.24) is 10.2 Å². The first-order chi connectivity index (χ1) is 16.5. The first-order valence-corrected chi connectivity index (χ1v) is 14.1. The van der Waals surface area contributed by atoms with Crippen LogP contribution in [-0.2, 0) is 26.2 Å². The molecule has 2 aromatic carbocycles. The number of hydrogen-bond donors (Lipinski definition) is 1. The highest BCUT2D eigenvalue weighted by molar-refractivity contribution is 7.92. The van der Waals surface area contributed by atoms with Crippen molar-refractivity contribution >= 4 is 39.1 Å². The van der Waals surface area contributed by atoms with Crippen molar-refractivity contribution in [2.45, 2.75) is 59.0 Å². The first-order valence-electron chi connectivity index (χ1n) is 11.9. The third-order valence-corrected chi connectivity index (χ3v) is 7.19. The third kappa shape index (κ3) is 8.85. The van der Waals surface area contributed by atoms with Gasteiger partial charge in [-0.25, -0.2) is 8.42 Å². The van der Waals surface area contributed by atoms with Crippen molar-refractivity contribution in [2.75, 3.05) is 23.7 Å². The third-order valence-electron chi connectivity index (χ3n) is 5.78. The van der Waals surface area contributed by atoms with E-state index in [2.05, 4.69) is 5.32 Å². The van der Waals surface area contributed by atoms with E-state index < -0.39 is 16.1 Å². The van der Waals surface area contributed by atoms with Crippen LogP contribution in [0, 0.1) is 6.92 Å². The lowest BCUT2D eigenvalue weighted by Crippen LogP contribution is -2.48. The monoisotopic (exact) mass is 521 g/mol. The topological polar surface area (TPSA) is 86.8 Å². The molecule has 0 aromatic heterocycles. The molecule has 0 unspecified atom stereocenters. The van der Waals surface area contributed by atoms with Crippen LogP contribution in [0.2, 0.25) is 5.02 Å². The summed E-state index contributed by atoms with van der Waals surface area (Å²) in [5.41, 5.74) is 2.25. The molecule has 2 aromatic rings. The van der Waals surface area contributed by atoms with Gasteiger partial charge in [0.25, 0.3) is 0 Å². The number of amides is 2. The largest absolute Gasteiger partial charge is 0.354 e. The number of carbonyl (C=O) groups excluding carboxylic acids is 2. The SMILES string of the molecule is CCCCNC(=O)[C@@H](C)N(Cc1cccc(Cl)c1)C(=O)CCCN(c1ccccc1C)S(C)(=O)=O. The number of rotatable bonds is 13. The van der Waals surface area contributed by atoms with Gasteiger partial charge in [0.1, 0.15) is 6.04 Å². The number of nitrogens with one attached hydrogen (secondary N) is 1. The maximum atomic E-state index is 13.3. The van der Waals surface area contributed by atoms with E-state index in [1.807, 2.05) is 32.0 Å². The highest BCUT2D eigenvalue weighted by Gasteiger charge is 2.26. The lowest BCUT2D eigenvalue weighted by Gasteiger charge is -2.29. The number of benzene rings is 2. The molecule has 7 nitrogen and oxygen atoms in total. The van der Waals surface area contributed by atoms with Gasteiger partial charge in [-0.1, -0.05) is 55.3 Å². The number of unbranched alkanes of at least 4 members (excludes halogenated alkanes) is 1. The number of anilines is 1. The summed E-state index contributed by atoms with van der Waals surface area (Å²) < 4.78 is 26.2. The number of nitrogens with zero attached hydrogens (tertiary/aromatic N) is 2. The molecule has 0 bridgehead atoms. The zero-order valence-electron chi connectivity index (χ0n) is 21.0. The fourth-order valence-corrected chi connectivity index (χ4v) is 5.01. The molecule has 192 valence electrons. The summed E-state index contributed by atoms with van der Waals surface area (Å²) in [5, 5.41) is 3.44. The molecule has 0 aliphatic carbocycles. The van der Waals surface area contributed by atoms with Crippen molar-refractivity contribution in [3.8, 4) is 0 Å². The maximum Gasteiger partial charge on any atom is 0.242 e. The van der Waals surface area contributed by atoms with Gasteiger partial charge in [-0.05, 0) is 56.0 Å². The zero-order valence-corrected chi connectivity index (χ0v) is 22.5. The van der Waals surface area contributed by atoms with Crippen LogP contribution in [-0.4, -0.2) is 50.5 Å². The van der Waals surface area contributed by atoms with E-state index in [-0.39, 0.29) is 31.3 Å². The van der Waals surface area contributed by atoms with E-state index in [1.165, 1.54) is 9.21 Å². The molecule has 1 atom stereocenters. The van der Waals surface area contributed by atoms with Gasteiger partial charge in [0.15, 0.2) is 0 Å². The van der Waals surface area contributed by atoms with Crippen LogP contribution in [0.4, 0.5) is 5.69 Å². The molecule has 35 heavy (non-hydrogen) atoms. The normalized spacial score (nSPS) is 12.1. The molecule has 0 heterocycles. The van der Waals surface area contributed by atoms with Crippen LogP contribution in [0.5, 0.6) is 0 Å². The first kappa shape index (κ1) is 28.7. The molecular weight excluding hydrogens is 486 g/mol. The smallest absolute Gasteiger partial charge is 0.242 e. The van der Waals surface area contributed by atoms with E-state index >= 15 is 0 Å². The van der Waals surface area contributed by atoms with E-state index in [0.717, 1.165) is 30.2 Å². The maximum absolute atomic E-state index is 13.3. The van der Waals surface area contributed by atoms with E-state index in [1.54, 1.807) is 37.3 Å². The second-order valence-electron chi connectivity index (χ2n) is 8.70. The Kier molecular flexibility index (Phi) is 11.0. The summed E-state index contributed by atoms with van der Waals surface area (Å²) >= 11 is 6.12. The van der Waals surface area contributed by atoms with Crippen molar-refractivity contribution in [3.63, 3.8) is 0 Å². The summed E-state index contributed by atoms with van der Waals surface area (Å²) in [6.45, 7) is 6.55. The number of halogens is 1. The number of para-hydroxylation sites is 1. The quantitative estimate of drug-likeness (QED) is 0.392. The Morgan fingerprint density at radius 2 is 1.80 bits per heavy atom. The minimum atomic E-state index is -3.52. The average molecular weight is 522 g/mol. The van der Waals surface area contributed by atoms with Gasteiger partial charge >= 0.3 is 0 Å².